The van der Waals surface area contributed by atoms with Crippen LogP contribution in [0, 0.1) is 0 Å². The summed E-state index contributed by atoms with van der Waals surface area (Å²) < 4.78 is 5.64. The molecule has 0 spiro atoms. The Hall–Kier alpha value is 0.166. The van der Waals surface area contributed by atoms with Gasteiger partial charge in [-0.05, 0) is 0 Å². The number of hydrogen-bond acceptors (Lipinski definition) is 3. The molecule has 2 N–H and O–H groups in total. The summed E-state index contributed by atoms with van der Waals surface area (Å²) in [5.41, 5.74) is 5.81. The van der Waals surface area contributed by atoms with E-state index in [0.717, 1.165) is 11.7 Å². The van der Waals surface area contributed by atoms with Crippen molar-refractivity contribution in [2.45, 2.75) is 62.5 Å². The molecule has 16 heavy (non-hydrogen) atoms. The first-order valence-corrected chi connectivity index (χ1v) is 11.4. The first-order valence-electron chi connectivity index (χ1n) is 5.59. The van der Waals surface area contributed by atoms with E-state index in [9.17, 15) is 4.79 Å². The number of carbonyl (C=O) groups is 1. The number of rotatable bonds is 5. The van der Waals surface area contributed by atoms with Crippen LogP contribution in [0.1, 0.15) is 27.2 Å². The van der Waals surface area contributed by atoms with Crippen LogP contribution >= 0.6 is 0 Å². The predicted molar refractivity (Wildman–Crippen MR) is 72.3 cm³/mol. The molecule has 0 saturated heterocycles. The van der Waals surface area contributed by atoms with Crippen molar-refractivity contribution in [2.75, 3.05) is 0 Å². The Kier molecular flexibility index (Phi) is 6.26. The van der Waals surface area contributed by atoms with Gasteiger partial charge in [0.2, 0.25) is 0 Å². The van der Waals surface area contributed by atoms with Gasteiger partial charge in [-0.2, -0.15) is 0 Å². The minimum atomic E-state index is -1.99. The Balaban J connectivity index is 4.33. The van der Waals surface area contributed by atoms with Gasteiger partial charge in [-0.15, -0.1) is 0 Å². The Morgan fingerprint density at radius 3 is 2.31 bits per heavy atom. The molecule has 0 aromatic rings. The van der Waals surface area contributed by atoms with E-state index in [2.05, 4.69) is 39.7 Å². The van der Waals surface area contributed by atoms with Crippen LogP contribution in [0.2, 0.25) is 29.3 Å². The number of hydrogen-bond donors (Lipinski definition) is 1. The average molecular weight is 310 g/mol. The summed E-state index contributed by atoms with van der Waals surface area (Å²) in [4.78, 5) is 11.8. The fourth-order valence-corrected chi connectivity index (χ4v) is 2.83. The van der Waals surface area contributed by atoms with Crippen molar-refractivity contribution in [2.24, 2.45) is 5.73 Å². The van der Waals surface area contributed by atoms with Crippen molar-refractivity contribution in [3.8, 4) is 0 Å². The standard InChI is InChI=1S/C11H25NO2SeSi/c1-11(2,3)16(5,6)14-10(13)9(12)7-8-15-4/h9H,7-8,12H2,1-6H3. The average Bonchev–Trinajstić information content (AvgIpc) is 2.11. The normalized spacial score (nSPS) is 14.7. The van der Waals surface area contributed by atoms with Gasteiger partial charge in [0.05, 0.1) is 0 Å². The second-order valence-electron chi connectivity index (χ2n) is 5.57. The summed E-state index contributed by atoms with van der Waals surface area (Å²) >= 11 is 0.578. The van der Waals surface area contributed by atoms with Gasteiger partial charge in [-0.3, -0.25) is 0 Å². The molecule has 3 nitrogen and oxygen atoms in total. The first kappa shape index (κ1) is 16.2. The Morgan fingerprint density at radius 1 is 1.44 bits per heavy atom. The fraction of sp³-hybridized carbons (Fsp3) is 0.909. The molecular weight excluding hydrogens is 285 g/mol. The summed E-state index contributed by atoms with van der Waals surface area (Å²) in [5, 5.41) is 1.10. The molecule has 0 radical (unpaired) electrons. The van der Waals surface area contributed by atoms with E-state index in [1.165, 1.54) is 0 Å². The van der Waals surface area contributed by atoms with Gasteiger partial charge >= 0.3 is 107 Å². The van der Waals surface area contributed by atoms with Crippen molar-refractivity contribution in [1.29, 1.82) is 0 Å². The maximum absolute atomic E-state index is 11.8. The molecule has 5 heteroatoms. The van der Waals surface area contributed by atoms with E-state index in [-0.39, 0.29) is 11.0 Å². The number of carbonyl (C=O) groups excluding carboxylic acids is 1. The molecule has 0 amide bonds. The molecule has 0 aromatic heterocycles. The molecule has 0 bridgehead atoms. The van der Waals surface area contributed by atoms with Crippen LogP contribution in [0.4, 0.5) is 0 Å². The molecule has 1 unspecified atom stereocenters. The van der Waals surface area contributed by atoms with Crippen LogP contribution in [0.25, 0.3) is 0 Å². The van der Waals surface area contributed by atoms with Crippen LogP contribution in [0.15, 0.2) is 0 Å². The zero-order chi connectivity index (χ0) is 13.0. The molecule has 0 heterocycles. The van der Waals surface area contributed by atoms with Gasteiger partial charge in [0, 0.05) is 0 Å². The van der Waals surface area contributed by atoms with Crippen LogP contribution in [0.3, 0.4) is 0 Å². The molecular formula is C11H25NO2SeSi. The van der Waals surface area contributed by atoms with E-state index in [0.29, 0.717) is 15.0 Å². The zero-order valence-electron chi connectivity index (χ0n) is 11.3. The molecule has 0 aliphatic rings. The zero-order valence-corrected chi connectivity index (χ0v) is 14.0. The van der Waals surface area contributed by atoms with E-state index in [4.69, 9.17) is 10.2 Å². The second kappa shape index (κ2) is 6.19. The molecule has 0 rings (SSSR count). The molecule has 0 fully saturated rings. The van der Waals surface area contributed by atoms with Crippen LogP contribution in [-0.2, 0) is 9.22 Å². The third kappa shape index (κ3) is 5.00. The fourth-order valence-electron chi connectivity index (χ4n) is 0.843. The van der Waals surface area contributed by atoms with Crippen molar-refractivity contribution in [3.63, 3.8) is 0 Å². The van der Waals surface area contributed by atoms with Gasteiger partial charge in [0.1, 0.15) is 0 Å². The molecule has 0 aromatic carbocycles. The summed E-state index contributed by atoms with van der Waals surface area (Å²) in [6, 6.07) is -0.434. The Labute approximate surface area is 107 Å². The SMILES string of the molecule is C[Se]CCC(N)C(=O)O[Si](C)(C)C(C)(C)C. The van der Waals surface area contributed by atoms with E-state index >= 15 is 0 Å². The summed E-state index contributed by atoms with van der Waals surface area (Å²) in [5.74, 6) is 1.94. The van der Waals surface area contributed by atoms with E-state index in [1.807, 2.05) is 0 Å². The van der Waals surface area contributed by atoms with Gasteiger partial charge in [0.25, 0.3) is 0 Å². The maximum atomic E-state index is 11.8. The molecule has 0 aliphatic heterocycles. The summed E-state index contributed by atoms with van der Waals surface area (Å²) in [6.45, 7) is 10.5. The molecule has 0 aliphatic carbocycles. The predicted octanol–water partition coefficient (Wildman–Crippen LogP) is 2.42. The van der Waals surface area contributed by atoms with Gasteiger partial charge in [-0.25, -0.2) is 0 Å². The summed E-state index contributed by atoms with van der Waals surface area (Å²) in [7, 11) is -1.99. The summed E-state index contributed by atoms with van der Waals surface area (Å²) in [6.07, 6.45) is 0.754. The van der Waals surface area contributed by atoms with Crippen LogP contribution in [0.5, 0.6) is 0 Å². The molecule has 1 atom stereocenters. The van der Waals surface area contributed by atoms with Gasteiger partial charge in [0.15, 0.2) is 0 Å². The van der Waals surface area contributed by atoms with Gasteiger partial charge in [-0.1, -0.05) is 0 Å². The van der Waals surface area contributed by atoms with Crippen molar-refractivity contribution < 1.29 is 9.22 Å². The third-order valence-corrected chi connectivity index (χ3v) is 8.77. The van der Waals surface area contributed by atoms with E-state index in [1.54, 1.807) is 0 Å². The molecule has 96 valence electrons. The van der Waals surface area contributed by atoms with Crippen molar-refractivity contribution >= 4 is 29.2 Å². The molecule has 0 saturated carbocycles. The quantitative estimate of drug-likeness (QED) is 0.794. The minimum absolute atomic E-state index is 0.0527. The van der Waals surface area contributed by atoms with Crippen LogP contribution < -0.4 is 5.73 Å². The third-order valence-electron chi connectivity index (χ3n) is 3.10. The monoisotopic (exact) mass is 311 g/mol. The van der Waals surface area contributed by atoms with Crippen molar-refractivity contribution in [1.82, 2.24) is 0 Å². The first-order chi connectivity index (χ1) is 7.12. The van der Waals surface area contributed by atoms with Gasteiger partial charge < -0.3 is 0 Å². The Bertz CT molecular complexity index is 239. The Morgan fingerprint density at radius 2 is 1.94 bits per heavy atom. The van der Waals surface area contributed by atoms with Crippen LogP contribution in [-0.4, -0.2) is 35.3 Å². The second-order valence-corrected chi connectivity index (χ2v) is 12.4. The topological polar surface area (TPSA) is 52.3 Å². The van der Waals surface area contributed by atoms with Crippen molar-refractivity contribution in [3.05, 3.63) is 0 Å². The van der Waals surface area contributed by atoms with E-state index < -0.39 is 14.4 Å². The number of nitrogens with two attached hydrogens (primary N) is 1.